The molecule has 2 atom stereocenters. The van der Waals surface area contributed by atoms with E-state index in [9.17, 15) is 14.4 Å². The number of likely N-dealkylation sites (tertiary alicyclic amines) is 1. The highest BCUT2D eigenvalue weighted by atomic mass is 35.5. The molecule has 1 saturated heterocycles. The number of ether oxygens (including phenoxy) is 1. The number of carbonyl (C=O) groups excluding carboxylic acids is 3. The molecule has 0 aliphatic carbocycles. The number of carbonyl (C=O) groups is 3. The maximum atomic E-state index is 12.3. The third-order valence-corrected chi connectivity index (χ3v) is 6.39. The van der Waals surface area contributed by atoms with Gasteiger partial charge in [-0.3, -0.25) is 14.4 Å². The summed E-state index contributed by atoms with van der Waals surface area (Å²) in [6, 6.07) is 7.44. The molecule has 6 nitrogen and oxygen atoms in total. The van der Waals surface area contributed by atoms with Gasteiger partial charge >= 0.3 is 5.97 Å². The van der Waals surface area contributed by atoms with Crippen LogP contribution in [0.1, 0.15) is 29.9 Å². The lowest BCUT2D eigenvalue weighted by molar-refractivity contribution is -0.152. The molecular formula is C20H23ClN2O4S. The number of fused-ring (bicyclic) bond motifs is 1. The van der Waals surface area contributed by atoms with E-state index in [0.717, 1.165) is 16.5 Å². The van der Waals surface area contributed by atoms with Crippen LogP contribution in [0.3, 0.4) is 0 Å². The van der Waals surface area contributed by atoms with Gasteiger partial charge in [-0.25, -0.2) is 0 Å². The summed E-state index contributed by atoms with van der Waals surface area (Å²) >= 11 is 7.53. The first-order valence-electron chi connectivity index (χ1n) is 9.23. The van der Waals surface area contributed by atoms with Gasteiger partial charge in [0.05, 0.1) is 5.02 Å². The van der Waals surface area contributed by atoms with E-state index < -0.39 is 11.9 Å². The molecule has 0 saturated carbocycles. The molecule has 28 heavy (non-hydrogen) atoms. The Balaban J connectivity index is 1.48. The molecule has 1 aromatic heterocycles. The average Bonchev–Trinajstić information content (AvgIpc) is 3.00. The second-order valence-electron chi connectivity index (χ2n) is 7.33. The second kappa shape index (κ2) is 8.92. The van der Waals surface area contributed by atoms with Crippen molar-refractivity contribution in [1.29, 1.82) is 0 Å². The zero-order valence-electron chi connectivity index (χ0n) is 15.9. The maximum absolute atomic E-state index is 12.3. The first-order valence-corrected chi connectivity index (χ1v) is 10.4. The van der Waals surface area contributed by atoms with E-state index in [1.807, 2.05) is 24.3 Å². The highest BCUT2D eigenvalue weighted by Gasteiger charge is 2.26. The molecule has 0 bridgehead atoms. The lowest BCUT2D eigenvalue weighted by Crippen LogP contribution is -2.44. The molecule has 2 heterocycles. The molecule has 3 rings (SSSR count). The number of nitrogens with one attached hydrogen (secondary N) is 1. The van der Waals surface area contributed by atoms with Gasteiger partial charge < -0.3 is 15.0 Å². The summed E-state index contributed by atoms with van der Waals surface area (Å²) in [6.07, 6.45) is 1.09. The van der Waals surface area contributed by atoms with Crippen molar-refractivity contribution in [3.8, 4) is 0 Å². The molecule has 1 N–H and O–H groups in total. The molecule has 1 aromatic carbocycles. The number of benzene rings is 1. The van der Waals surface area contributed by atoms with Gasteiger partial charge in [0.1, 0.15) is 11.4 Å². The fraction of sp³-hybridized carbons (Fsp3) is 0.450. The summed E-state index contributed by atoms with van der Waals surface area (Å²) < 4.78 is 5.93. The molecule has 8 heteroatoms. The highest BCUT2D eigenvalue weighted by Crippen LogP contribution is 2.34. The van der Waals surface area contributed by atoms with Crippen molar-refractivity contribution in [3.63, 3.8) is 0 Å². The number of piperidine rings is 1. The van der Waals surface area contributed by atoms with Gasteiger partial charge in [0, 0.05) is 23.2 Å². The van der Waals surface area contributed by atoms with Crippen molar-refractivity contribution in [2.45, 2.75) is 20.3 Å². The summed E-state index contributed by atoms with van der Waals surface area (Å²) in [4.78, 5) is 38.6. The minimum Gasteiger partial charge on any atom is -0.454 e. The van der Waals surface area contributed by atoms with E-state index in [2.05, 4.69) is 19.2 Å². The molecule has 2 amide bonds. The summed E-state index contributed by atoms with van der Waals surface area (Å²) in [5.41, 5.74) is 0. The number of esters is 1. The first kappa shape index (κ1) is 20.6. The lowest BCUT2D eigenvalue weighted by Gasteiger charge is -2.34. The predicted molar refractivity (Wildman–Crippen MR) is 110 cm³/mol. The van der Waals surface area contributed by atoms with E-state index in [1.165, 1.54) is 11.3 Å². The predicted octanol–water partition coefficient (Wildman–Crippen LogP) is 3.33. The van der Waals surface area contributed by atoms with Crippen molar-refractivity contribution in [2.24, 2.45) is 11.8 Å². The van der Waals surface area contributed by atoms with Crippen molar-refractivity contribution in [3.05, 3.63) is 34.2 Å². The van der Waals surface area contributed by atoms with Gasteiger partial charge in [0.25, 0.3) is 11.8 Å². The van der Waals surface area contributed by atoms with Gasteiger partial charge in [-0.15, -0.1) is 11.3 Å². The molecule has 2 aromatic rings. The van der Waals surface area contributed by atoms with Crippen LogP contribution in [0, 0.1) is 11.8 Å². The number of rotatable bonds is 5. The van der Waals surface area contributed by atoms with E-state index >= 15 is 0 Å². The van der Waals surface area contributed by atoms with Crippen molar-refractivity contribution < 1.29 is 19.1 Å². The smallest absolute Gasteiger partial charge is 0.325 e. The van der Waals surface area contributed by atoms with Gasteiger partial charge in [0.2, 0.25) is 0 Å². The zero-order chi connectivity index (χ0) is 20.3. The van der Waals surface area contributed by atoms with Gasteiger partial charge in [0.15, 0.2) is 6.61 Å². The quantitative estimate of drug-likeness (QED) is 0.750. The van der Waals surface area contributed by atoms with Crippen molar-refractivity contribution in [1.82, 2.24) is 10.2 Å². The van der Waals surface area contributed by atoms with Crippen LogP contribution in [0.4, 0.5) is 0 Å². The summed E-state index contributed by atoms with van der Waals surface area (Å²) in [6.45, 7) is 4.96. The van der Waals surface area contributed by atoms with Crippen LogP contribution in [0.15, 0.2) is 24.3 Å². The Morgan fingerprint density at radius 2 is 1.89 bits per heavy atom. The molecule has 0 spiro atoms. The highest BCUT2D eigenvalue weighted by molar-refractivity contribution is 7.21. The Hall–Kier alpha value is -2.12. The Bertz CT molecular complexity index is 887. The SMILES string of the molecule is C[C@@H]1C[C@H](C)CN(C(=O)COC(=O)CNC(=O)c2sc3ccccc3c2Cl)C1. The fourth-order valence-electron chi connectivity index (χ4n) is 3.54. The van der Waals surface area contributed by atoms with E-state index in [1.54, 1.807) is 4.90 Å². The van der Waals surface area contributed by atoms with Crippen LogP contribution in [0.2, 0.25) is 5.02 Å². The molecule has 0 radical (unpaired) electrons. The normalized spacial score (nSPS) is 19.5. The van der Waals surface area contributed by atoms with Crippen LogP contribution in [0.5, 0.6) is 0 Å². The van der Waals surface area contributed by atoms with E-state index in [4.69, 9.17) is 16.3 Å². The first-order chi connectivity index (χ1) is 13.3. The average molecular weight is 423 g/mol. The minimum atomic E-state index is -0.656. The van der Waals surface area contributed by atoms with Crippen LogP contribution in [-0.2, 0) is 14.3 Å². The minimum absolute atomic E-state index is 0.203. The van der Waals surface area contributed by atoms with Crippen LogP contribution in [0.25, 0.3) is 10.1 Å². The summed E-state index contributed by atoms with van der Waals surface area (Å²) in [7, 11) is 0. The van der Waals surface area contributed by atoms with Crippen molar-refractivity contribution in [2.75, 3.05) is 26.2 Å². The molecule has 150 valence electrons. The second-order valence-corrected chi connectivity index (χ2v) is 8.76. The molecule has 0 unspecified atom stereocenters. The molecular weight excluding hydrogens is 400 g/mol. The Morgan fingerprint density at radius 1 is 1.21 bits per heavy atom. The van der Waals surface area contributed by atoms with E-state index in [-0.39, 0.29) is 19.1 Å². The molecule has 1 aliphatic rings. The number of hydrogen-bond donors (Lipinski definition) is 1. The third kappa shape index (κ3) is 4.83. The third-order valence-electron chi connectivity index (χ3n) is 4.71. The number of hydrogen-bond acceptors (Lipinski definition) is 5. The molecule has 1 aliphatic heterocycles. The Morgan fingerprint density at radius 3 is 2.57 bits per heavy atom. The van der Waals surface area contributed by atoms with Gasteiger partial charge in [-0.05, 0) is 24.3 Å². The fourth-order valence-corrected chi connectivity index (χ4v) is 4.98. The molecule has 1 fully saturated rings. The largest absolute Gasteiger partial charge is 0.454 e. The van der Waals surface area contributed by atoms with Crippen LogP contribution in [-0.4, -0.2) is 48.9 Å². The van der Waals surface area contributed by atoms with Crippen molar-refractivity contribution >= 4 is 50.8 Å². The van der Waals surface area contributed by atoms with Crippen LogP contribution >= 0.6 is 22.9 Å². The Labute approximate surface area is 172 Å². The maximum Gasteiger partial charge on any atom is 0.325 e. The van der Waals surface area contributed by atoms with Crippen LogP contribution < -0.4 is 5.32 Å². The number of thiophene rings is 1. The van der Waals surface area contributed by atoms with Gasteiger partial charge in [-0.1, -0.05) is 43.6 Å². The Kier molecular flexibility index (Phi) is 6.57. The number of halogens is 1. The number of nitrogens with zero attached hydrogens (tertiary/aromatic N) is 1. The summed E-state index contributed by atoms with van der Waals surface area (Å²) in [5, 5.41) is 3.68. The standard InChI is InChI=1S/C20H23ClN2O4S/c1-12-7-13(2)10-23(9-12)16(24)11-27-17(25)8-22-20(26)19-18(21)14-5-3-4-6-15(14)28-19/h3-6,12-13H,7-11H2,1-2H3,(H,22,26)/t12-,13+. The lowest BCUT2D eigenvalue weighted by atomic mass is 9.92. The monoisotopic (exact) mass is 422 g/mol. The number of amides is 2. The zero-order valence-corrected chi connectivity index (χ0v) is 17.4. The summed E-state index contributed by atoms with van der Waals surface area (Å²) in [5.74, 6) is -0.418. The van der Waals surface area contributed by atoms with Gasteiger partial charge in [-0.2, -0.15) is 0 Å². The van der Waals surface area contributed by atoms with E-state index in [0.29, 0.717) is 34.8 Å². The topological polar surface area (TPSA) is 75.7 Å².